The van der Waals surface area contributed by atoms with E-state index in [1.54, 1.807) is 12.1 Å². The predicted molar refractivity (Wildman–Crippen MR) is 82.0 cm³/mol. The second-order valence-corrected chi connectivity index (χ2v) is 7.49. The van der Waals surface area contributed by atoms with E-state index < -0.39 is 10.0 Å². The van der Waals surface area contributed by atoms with Gasteiger partial charge in [-0.15, -0.1) is 0 Å². The Hall–Kier alpha value is -0.330. The first kappa shape index (κ1) is 16.0. The van der Waals surface area contributed by atoms with Gasteiger partial charge in [0.05, 0.1) is 10.0 Å². The van der Waals surface area contributed by atoms with Crippen LogP contribution in [0.4, 0.5) is 0 Å². The monoisotopic (exact) mass is 336 g/mol. The van der Waals surface area contributed by atoms with E-state index in [1.807, 2.05) is 0 Å². The Morgan fingerprint density at radius 2 is 1.80 bits per heavy atom. The van der Waals surface area contributed by atoms with Crippen LogP contribution in [0.2, 0.25) is 10.0 Å². The molecule has 1 aliphatic rings. The van der Waals surface area contributed by atoms with Crippen LogP contribution in [0, 0.1) is 0 Å². The van der Waals surface area contributed by atoms with Crippen LogP contribution in [-0.2, 0) is 10.0 Å². The molecule has 1 fully saturated rings. The zero-order valence-corrected chi connectivity index (χ0v) is 13.7. The van der Waals surface area contributed by atoms with Crippen molar-refractivity contribution in [2.45, 2.75) is 18.2 Å². The molecule has 1 heterocycles. The van der Waals surface area contributed by atoms with E-state index in [0.717, 1.165) is 26.1 Å². The molecule has 0 unspecified atom stereocenters. The molecule has 0 saturated carbocycles. The van der Waals surface area contributed by atoms with E-state index in [0.29, 0.717) is 13.1 Å². The summed E-state index contributed by atoms with van der Waals surface area (Å²) in [5.41, 5.74) is 0. The van der Waals surface area contributed by atoms with E-state index in [1.165, 1.54) is 10.4 Å². The second-order valence-electron chi connectivity index (χ2n) is 4.80. The first-order chi connectivity index (χ1) is 9.46. The zero-order valence-electron chi connectivity index (χ0n) is 11.3. The van der Waals surface area contributed by atoms with Gasteiger partial charge in [-0.2, -0.15) is 4.31 Å². The number of benzene rings is 1. The van der Waals surface area contributed by atoms with Gasteiger partial charge < -0.3 is 4.90 Å². The molecule has 1 aromatic rings. The van der Waals surface area contributed by atoms with Crippen LogP contribution in [0.5, 0.6) is 0 Å². The molecule has 4 nitrogen and oxygen atoms in total. The number of halogens is 2. The highest BCUT2D eigenvalue weighted by atomic mass is 35.5. The van der Waals surface area contributed by atoms with Gasteiger partial charge in [-0.3, -0.25) is 0 Å². The molecule has 0 spiro atoms. The standard InChI is InChI=1S/C13H18Cl2N2O2S/c1-2-6-16-7-9-17(10-8-16)20(18,19)12-5-3-4-11(14)13(12)15/h3-5H,2,6-10H2,1H3. The van der Waals surface area contributed by atoms with Crippen molar-refractivity contribution < 1.29 is 8.42 Å². The summed E-state index contributed by atoms with van der Waals surface area (Å²) in [5, 5.41) is 0.363. The molecule has 0 radical (unpaired) electrons. The maximum Gasteiger partial charge on any atom is 0.244 e. The topological polar surface area (TPSA) is 40.6 Å². The highest BCUT2D eigenvalue weighted by Crippen LogP contribution is 2.31. The van der Waals surface area contributed by atoms with Crippen molar-refractivity contribution in [3.63, 3.8) is 0 Å². The van der Waals surface area contributed by atoms with E-state index in [4.69, 9.17) is 23.2 Å². The van der Waals surface area contributed by atoms with Gasteiger partial charge >= 0.3 is 0 Å². The number of piperazine rings is 1. The minimum Gasteiger partial charge on any atom is -0.301 e. The van der Waals surface area contributed by atoms with E-state index >= 15 is 0 Å². The van der Waals surface area contributed by atoms with Gasteiger partial charge in [-0.1, -0.05) is 36.2 Å². The lowest BCUT2D eigenvalue weighted by Gasteiger charge is -2.33. The summed E-state index contributed by atoms with van der Waals surface area (Å²) in [6, 6.07) is 4.69. The third-order valence-electron chi connectivity index (χ3n) is 3.41. The fourth-order valence-corrected chi connectivity index (χ4v) is 4.49. The fraction of sp³-hybridized carbons (Fsp3) is 0.538. The zero-order chi connectivity index (χ0) is 14.8. The van der Waals surface area contributed by atoms with Crippen LogP contribution in [0.3, 0.4) is 0 Å². The molecule has 1 aliphatic heterocycles. The Morgan fingerprint density at radius 3 is 2.40 bits per heavy atom. The molecular formula is C13H18Cl2N2O2S. The van der Waals surface area contributed by atoms with Crippen LogP contribution in [-0.4, -0.2) is 50.3 Å². The first-order valence-corrected chi connectivity index (χ1v) is 8.83. The van der Waals surface area contributed by atoms with Crippen LogP contribution in [0.1, 0.15) is 13.3 Å². The molecule has 0 amide bonds. The summed E-state index contributed by atoms with van der Waals surface area (Å²) in [4.78, 5) is 2.36. The van der Waals surface area contributed by atoms with Crippen molar-refractivity contribution in [2.75, 3.05) is 32.7 Å². The van der Waals surface area contributed by atoms with E-state index in [2.05, 4.69) is 11.8 Å². The predicted octanol–water partition coefficient (Wildman–Crippen LogP) is 2.71. The SMILES string of the molecule is CCCN1CCN(S(=O)(=O)c2cccc(Cl)c2Cl)CC1. The number of hydrogen-bond acceptors (Lipinski definition) is 3. The van der Waals surface area contributed by atoms with Crippen molar-refractivity contribution in [2.24, 2.45) is 0 Å². The normalized spacial score (nSPS) is 18.4. The van der Waals surface area contributed by atoms with Crippen LogP contribution >= 0.6 is 23.2 Å². The Bertz CT molecular complexity index is 570. The summed E-state index contributed by atoms with van der Waals surface area (Å²) < 4.78 is 26.7. The maximum atomic E-state index is 12.6. The van der Waals surface area contributed by atoms with Gasteiger partial charge in [0.25, 0.3) is 0 Å². The van der Waals surface area contributed by atoms with Crippen LogP contribution in [0.15, 0.2) is 23.1 Å². The van der Waals surface area contributed by atoms with Gasteiger partial charge in [0, 0.05) is 26.2 Å². The average Bonchev–Trinajstić information content (AvgIpc) is 2.42. The quantitative estimate of drug-likeness (QED) is 0.848. The van der Waals surface area contributed by atoms with Crippen LogP contribution in [0.25, 0.3) is 0 Å². The molecule has 2 rings (SSSR count). The van der Waals surface area contributed by atoms with Gasteiger partial charge in [0.2, 0.25) is 10.0 Å². The molecule has 7 heteroatoms. The van der Waals surface area contributed by atoms with Gasteiger partial charge in [0.1, 0.15) is 4.90 Å². The second kappa shape index (κ2) is 6.62. The molecule has 20 heavy (non-hydrogen) atoms. The molecule has 1 aromatic carbocycles. The molecule has 0 N–H and O–H groups in total. The Labute approximate surface area is 130 Å². The summed E-state index contributed by atoms with van der Waals surface area (Å²) in [5.74, 6) is 0. The highest BCUT2D eigenvalue weighted by Gasteiger charge is 2.30. The van der Waals surface area contributed by atoms with Gasteiger partial charge in [-0.25, -0.2) is 8.42 Å². The Balaban J connectivity index is 2.18. The van der Waals surface area contributed by atoms with Crippen molar-refractivity contribution in [3.8, 4) is 0 Å². The van der Waals surface area contributed by atoms with Crippen molar-refractivity contribution in [3.05, 3.63) is 28.2 Å². The molecular weight excluding hydrogens is 319 g/mol. The maximum absolute atomic E-state index is 12.6. The lowest BCUT2D eigenvalue weighted by molar-refractivity contribution is 0.188. The minimum atomic E-state index is -3.56. The van der Waals surface area contributed by atoms with E-state index in [-0.39, 0.29) is 14.9 Å². The number of hydrogen-bond donors (Lipinski definition) is 0. The summed E-state index contributed by atoms with van der Waals surface area (Å²) in [6.07, 6.45) is 1.08. The summed E-state index contributed by atoms with van der Waals surface area (Å²) in [6.45, 7) is 5.62. The summed E-state index contributed by atoms with van der Waals surface area (Å²) >= 11 is 11.9. The number of nitrogens with zero attached hydrogens (tertiary/aromatic N) is 2. The third-order valence-corrected chi connectivity index (χ3v) is 6.28. The molecule has 0 bridgehead atoms. The van der Waals surface area contributed by atoms with Crippen LogP contribution < -0.4 is 0 Å². The van der Waals surface area contributed by atoms with Crippen molar-refractivity contribution in [1.29, 1.82) is 0 Å². The molecule has 1 saturated heterocycles. The lowest BCUT2D eigenvalue weighted by Crippen LogP contribution is -2.48. The lowest BCUT2D eigenvalue weighted by atomic mass is 10.3. The molecule has 0 aliphatic carbocycles. The highest BCUT2D eigenvalue weighted by molar-refractivity contribution is 7.89. The largest absolute Gasteiger partial charge is 0.301 e. The minimum absolute atomic E-state index is 0.0932. The average molecular weight is 337 g/mol. The molecule has 0 atom stereocenters. The van der Waals surface area contributed by atoms with E-state index in [9.17, 15) is 8.42 Å². The van der Waals surface area contributed by atoms with Gasteiger partial charge in [0.15, 0.2) is 0 Å². The molecule has 112 valence electrons. The van der Waals surface area contributed by atoms with Crippen molar-refractivity contribution >= 4 is 33.2 Å². The first-order valence-electron chi connectivity index (χ1n) is 6.63. The number of sulfonamides is 1. The smallest absolute Gasteiger partial charge is 0.244 e. The Kier molecular flexibility index (Phi) is 5.31. The fourth-order valence-electron chi connectivity index (χ4n) is 2.33. The Morgan fingerprint density at radius 1 is 1.15 bits per heavy atom. The third kappa shape index (κ3) is 3.28. The molecule has 0 aromatic heterocycles. The van der Waals surface area contributed by atoms with Crippen molar-refractivity contribution in [1.82, 2.24) is 9.21 Å². The number of rotatable bonds is 4. The summed E-state index contributed by atoms with van der Waals surface area (Å²) in [7, 11) is -3.56. The van der Waals surface area contributed by atoms with Gasteiger partial charge in [-0.05, 0) is 25.1 Å².